The fraction of sp³-hybridized carbons (Fsp3) is 0.368. The summed E-state index contributed by atoms with van der Waals surface area (Å²) in [6.45, 7) is 6.08. The monoisotopic (exact) mass is 373 g/mol. The van der Waals surface area contributed by atoms with Crippen molar-refractivity contribution in [2.24, 2.45) is 5.73 Å². The molecule has 23 heavy (non-hydrogen) atoms. The molecule has 0 spiro atoms. The molecule has 0 bridgehead atoms. The lowest BCUT2D eigenvalue weighted by Crippen LogP contribution is -2.46. The maximum Gasteiger partial charge on any atom is 0.0411 e. The number of hydrogen-bond acceptors (Lipinski definition) is 3. The lowest BCUT2D eigenvalue weighted by atomic mass is 10.1. The van der Waals surface area contributed by atoms with E-state index in [2.05, 4.69) is 74.3 Å². The van der Waals surface area contributed by atoms with Crippen LogP contribution in [0.2, 0.25) is 0 Å². The molecule has 1 aliphatic rings. The molecule has 1 aliphatic heterocycles. The number of anilines is 1. The van der Waals surface area contributed by atoms with Gasteiger partial charge in [-0.3, -0.25) is 4.90 Å². The minimum atomic E-state index is 0.697. The summed E-state index contributed by atoms with van der Waals surface area (Å²) in [7, 11) is 0. The van der Waals surface area contributed by atoms with Crippen LogP contribution in [0.5, 0.6) is 0 Å². The van der Waals surface area contributed by atoms with Gasteiger partial charge < -0.3 is 10.6 Å². The van der Waals surface area contributed by atoms with E-state index in [1.807, 2.05) is 0 Å². The second-order valence-electron chi connectivity index (χ2n) is 6.06. The highest BCUT2D eigenvalue weighted by atomic mass is 79.9. The third-order valence-electron chi connectivity index (χ3n) is 4.42. The summed E-state index contributed by atoms with van der Waals surface area (Å²) in [5.41, 5.74) is 9.85. The summed E-state index contributed by atoms with van der Waals surface area (Å²) in [6.07, 6.45) is 0.937. The summed E-state index contributed by atoms with van der Waals surface area (Å²) in [5, 5.41) is 0. The molecule has 2 N–H and O–H groups in total. The molecule has 2 aromatic carbocycles. The van der Waals surface area contributed by atoms with Crippen molar-refractivity contribution >= 4 is 21.6 Å². The predicted molar refractivity (Wildman–Crippen MR) is 101 cm³/mol. The molecular formula is C19H24BrN3. The molecule has 1 saturated heterocycles. The van der Waals surface area contributed by atoms with Crippen LogP contribution in [0, 0.1) is 0 Å². The number of benzene rings is 2. The topological polar surface area (TPSA) is 32.5 Å². The van der Waals surface area contributed by atoms with Gasteiger partial charge in [0.25, 0.3) is 0 Å². The van der Waals surface area contributed by atoms with Gasteiger partial charge in [0.2, 0.25) is 0 Å². The molecular weight excluding hydrogens is 350 g/mol. The highest BCUT2D eigenvalue weighted by molar-refractivity contribution is 9.10. The van der Waals surface area contributed by atoms with Gasteiger partial charge in [-0.2, -0.15) is 0 Å². The fourth-order valence-electron chi connectivity index (χ4n) is 3.19. The van der Waals surface area contributed by atoms with Crippen molar-refractivity contribution in [1.29, 1.82) is 0 Å². The first-order chi connectivity index (χ1) is 11.3. The van der Waals surface area contributed by atoms with Crippen LogP contribution in [0.25, 0.3) is 0 Å². The van der Waals surface area contributed by atoms with Gasteiger partial charge in [-0.05, 0) is 36.2 Å². The van der Waals surface area contributed by atoms with Crippen molar-refractivity contribution in [2.75, 3.05) is 37.6 Å². The van der Waals surface area contributed by atoms with Crippen molar-refractivity contribution in [3.63, 3.8) is 0 Å². The zero-order chi connectivity index (χ0) is 16.1. The van der Waals surface area contributed by atoms with E-state index in [0.29, 0.717) is 6.54 Å². The Hall–Kier alpha value is -1.36. The van der Waals surface area contributed by atoms with Crippen molar-refractivity contribution < 1.29 is 0 Å². The molecule has 1 heterocycles. The molecule has 3 rings (SSSR count). The number of nitrogens with two attached hydrogens (primary N) is 1. The predicted octanol–water partition coefficient (Wildman–Crippen LogP) is 3.27. The Morgan fingerprint density at radius 1 is 0.957 bits per heavy atom. The van der Waals surface area contributed by atoms with E-state index >= 15 is 0 Å². The normalized spacial score (nSPS) is 15.8. The summed E-state index contributed by atoms with van der Waals surface area (Å²) in [6, 6.07) is 17.3. The largest absolute Gasteiger partial charge is 0.369 e. The minimum absolute atomic E-state index is 0.697. The summed E-state index contributed by atoms with van der Waals surface area (Å²) < 4.78 is 1.14. The Balaban J connectivity index is 1.64. The number of nitrogens with zero attached hydrogens (tertiary/aromatic N) is 2. The lowest BCUT2D eigenvalue weighted by Gasteiger charge is -2.37. The van der Waals surface area contributed by atoms with Crippen LogP contribution < -0.4 is 10.6 Å². The Labute approximate surface area is 147 Å². The zero-order valence-corrected chi connectivity index (χ0v) is 15.0. The second kappa shape index (κ2) is 7.95. The van der Waals surface area contributed by atoms with Gasteiger partial charge in [0.05, 0.1) is 0 Å². The number of hydrogen-bond donors (Lipinski definition) is 1. The second-order valence-corrected chi connectivity index (χ2v) is 6.98. The Morgan fingerprint density at radius 3 is 2.39 bits per heavy atom. The molecule has 122 valence electrons. The molecule has 0 unspecified atom stereocenters. The third kappa shape index (κ3) is 4.34. The quantitative estimate of drug-likeness (QED) is 0.872. The number of piperazine rings is 1. The first kappa shape index (κ1) is 16.5. The smallest absolute Gasteiger partial charge is 0.0411 e. The minimum Gasteiger partial charge on any atom is -0.369 e. The number of rotatable bonds is 5. The molecule has 0 saturated carbocycles. The molecule has 0 radical (unpaired) electrons. The summed E-state index contributed by atoms with van der Waals surface area (Å²) in [5.74, 6) is 0. The van der Waals surface area contributed by atoms with Gasteiger partial charge in [-0.25, -0.2) is 0 Å². The molecule has 0 aliphatic carbocycles. The average Bonchev–Trinajstić information content (AvgIpc) is 2.58. The van der Waals surface area contributed by atoms with E-state index in [-0.39, 0.29) is 0 Å². The summed E-state index contributed by atoms with van der Waals surface area (Å²) in [4.78, 5) is 5.03. The van der Waals surface area contributed by atoms with Crippen LogP contribution in [0.3, 0.4) is 0 Å². The molecule has 3 nitrogen and oxygen atoms in total. The maximum atomic E-state index is 5.77. The SMILES string of the molecule is NCCc1ccc(Br)cc1N1CCN(Cc2ccccc2)CC1. The van der Waals surface area contributed by atoms with Crippen molar-refractivity contribution in [3.8, 4) is 0 Å². The van der Waals surface area contributed by atoms with Gasteiger partial charge in [0, 0.05) is 42.9 Å². The van der Waals surface area contributed by atoms with E-state index < -0.39 is 0 Å². The number of halogens is 1. The van der Waals surface area contributed by atoms with Crippen molar-refractivity contribution in [1.82, 2.24) is 4.90 Å². The Kier molecular flexibility index (Phi) is 5.70. The van der Waals surface area contributed by atoms with Crippen LogP contribution >= 0.6 is 15.9 Å². The molecule has 4 heteroatoms. The molecule has 0 amide bonds. The fourth-order valence-corrected chi connectivity index (χ4v) is 3.54. The van der Waals surface area contributed by atoms with Crippen LogP contribution in [-0.4, -0.2) is 37.6 Å². The van der Waals surface area contributed by atoms with Crippen molar-refractivity contribution in [3.05, 3.63) is 64.1 Å². The van der Waals surface area contributed by atoms with Gasteiger partial charge >= 0.3 is 0 Å². The molecule has 0 atom stereocenters. The van der Waals surface area contributed by atoms with Gasteiger partial charge in [0.15, 0.2) is 0 Å². The Morgan fingerprint density at radius 2 is 1.70 bits per heavy atom. The highest BCUT2D eigenvalue weighted by Crippen LogP contribution is 2.26. The summed E-state index contributed by atoms with van der Waals surface area (Å²) >= 11 is 3.60. The third-order valence-corrected chi connectivity index (χ3v) is 4.92. The first-order valence-electron chi connectivity index (χ1n) is 8.26. The van der Waals surface area contributed by atoms with Gasteiger partial charge in [-0.1, -0.05) is 52.3 Å². The van der Waals surface area contributed by atoms with E-state index in [1.54, 1.807) is 0 Å². The van der Waals surface area contributed by atoms with Crippen LogP contribution in [0.15, 0.2) is 53.0 Å². The van der Waals surface area contributed by atoms with E-state index in [1.165, 1.54) is 16.8 Å². The molecule has 2 aromatic rings. The highest BCUT2D eigenvalue weighted by Gasteiger charge is 2.19. The zero-order valence-electron chi connectivity index (χ0n) is 13.4. The molecule has 0 aromatic heterocycles. The van der Waals surface area contributed by atoms with Crippen LogP contribution in [0.4, 0.5) is 5.69 Å². The first-order valence-corrected chi connectivity index (χ1v) is 9.05. The standard InChI is InChI=1S/C19H24BrN3/c20-18-7-6-17(8-9-21)19(14-18)23-12-10-22(11-13-23)15-16-4-2-1-3-5-16/h1-7,14H,8-13,15,21H2. The van der Waals surface area contributed by atoms with E-state index in [0.717, 1.165) is 43.6 Å². The Bertz CT molecular complexity index is 622. The lowest BCUT2D eigenvalue weighted by molar-refractivity contribution is 0.250. The van der Waals surface area contributed by atoms with E-state index in [4.69, 9.17) is 5.73 Å². The average molecular weight is 374 g/mol. The van der Waals surface area contributed by atoms with Gasteiger partial charge in [-0.15, -0.1) is 0 Å². The van der Waals surface area contributed by atoms with Crippen LogP contribution in [-0.2, 0) is 13.0 Å². The van der Waals surface area contributed by atoms with Crippen molar-refractivity contribution in [2.45, 2.75) is 13.0 Å². The van der Waals surface area contributed by atoms with E-state index in [9.17, 15) is 0 Å². The maximum absolute atomic E-state index is 5.77. The molecule has 1 fully saturated rings. The van der Waals surface area contributed by atoms with Gasteiger partial charge in [0.1, 0.15) is 0 Å². The van der Waals surface area contributed by atoms with Crippen LogP contribution in [0.1, 0.15) is 11.1 Å².